The molecule has 1 aromatic heterocycles. The van der Waals surface area contributed by atoms with Gasteiger partial charge in [-0.2, -0.15) is 0 Å². The Morgan fingerprint density at radius 2 is 1.85 bits per heavy atom. The summed E-state index contributed by atoms with van der Waals surface area (Å²) in [5.41, 5.74) is 0.406. The number of ether oxygens (including phenoxy) is 1. The summed E-state index contributed by atoms with van der Waals surface area (Å²) in [6, 6.07) is 5.10. The number of anilines is 1. The van der Waals surface area contributed by atoms with E-state index < -0.39 is 6.36 Å². The van der Waals surface area contributed by atoms with Crippen molar-refractivity contribution in [3.8, 4) is 5.75 Å². The van der Waals surface area contributed by atoms with Crippen LogP contribution in [0.5, 0.6) is 5.75 Å². The molecule has 0 radical (unpaired) electrons. The van der Waals surface area contributed by atoms with Gasteiger partial charge in [0, 0.05) is 57.4 Å². The van der Waals surface area contributed by atoms with Gasteiger partial charge in [-0.1, -0.05) is 6.07 Å². The Hall–Kier alpha value is -2.25. The molecule has 2 saturated heterocycles. The van der Waals surface area contributed by atoms with Gasteiger partial charge in [-0.25, -0.2) is 4.98 Å². The molecule has 2 amide bonds. The number of piperazine rings is 2. The van der Waals surface area contributed by atoms with Gasteiger partial charge in [-0.05, 0) is 12.1 Å². The Bertz CT molecular complexity index is 905. The second-order valence-electron chi connectivity index (χ2n) is 6.89. The summed E-state index contributed by atoms with van der Waals surface area (Å²) in [5, 5.41) is 6.00. The van der Waals surface area contributed by atoms with E-state index in [0.29, 0.717) is 24.6 Å². The van der Waals surface area contributed by atoms with Crippen LogP contribution in [0.3, 0.4) is 0 Å². The SMILES string of the molecule is CN1CCNC(c2ncc[nH]2)C1=O.Cl.Cl.Cl.O=C1CNCCN1c1cccc(OC(F)(F)F)c1. The Balaban J connectivity index is 0.000000612. The number of nitrogens with one attached hydrogen (secondary N) is 3. The molecule has 9 nitrogen and oxygen atoms in total. The minimum atomic E-state index is -4.73. The molecule has 2 fully saturated rings. The number of imidazole rings is 1. The van der Waals surface area contributed by atoms with Crippen molar-refractivity contribution in [2.45, 2.75) is 12.4 Å². The normalized spacial score (nSPS) is 17.9. The van der Waals surface area contributed by atoms with E-state index in [1.807, 2.05) is 0 Å². The summed E-state index contributed by atoms with van der Waals surface area (Å²) in [5.74, 6) is 0.259. The average molecular weight is 550 g/mol. The first-order chi connectivity index (χ1) is 14.7. The van der Waals surface area contributed by atoms with Crippen LogP contribution in [0.2, 0.25) is 0 Å². The fourth-order valence-corrected chi connectivity index (χ4v) is 3.17. The number of carbonyl (C=O) groups excluding carboxylic acids is 2. The lowest BCUT2D eigenvalue weighted by Gasteiger charge is -2.29. The van der Waals surface area contributed by atoms with E-state index in [2.05, 4.69) is 25.3 Å². The molecule has 0 bridgehead atoms. The maximum absolute atomic E-state index is 12.1. The molecule has 0 spiro atoms. The van der Waals surface area contributed by atoms with Gasteiger partial charge in [-0.3, -0.25) is 14.9 Å². The molecule has 1 aromatic carbocycles. The van der Waals surface area contributed by atoms with Crippen LogP contribution in [0.1, 0.15) is 11.9 Å². The number of benzene rings is 1. The fraction of sp³-hybridized carbons (Fsp3) is 0.421. The van der Waals surface area contributed by atoms with Gasteiger partial charge in [0.05, 0.1) is 6.54 Å². The smallest absolute Gasteiger partial charge is 0.406 e. The standard InChI is InChI=1S/C11H11F3N2O2.C8H12N4O.3ClH/c12-11(13,14)18-9-3-1-2-8(6-9)16-5-4-15-7-10(16)17;1-12-5-4-9-6(8(12)13)7-10-2-3-11-7;;;/h1-3,6,15H,4-5,7H2;2-3,6,9H,4-5H2,1H3,(H,10,11);3*1H. The van der Waals surface area contributed by atoms with Crippen molar-refractivity contribution in [3.05, 3.63) is 42.5 Å². The lowest BCUT2D eigenvalue weighted by Crippen LogP contribution is -2.48. The third-order valence-electron chi connectivity index (χ3n) is 4.66. The van der Waals surface area contributed by atoms with Crippen molar-refractivity contribution in [1.82, 2.24) is 25.5 Å². The largest absolute Gasteiger partial charge is 0.573 e. The number of hydrogen-bond acceptors (Lipinski definition) is 6. The van der Waals surface area contributed by atoms with Crippen molar-refractivity contribution >= 4 is 54.7 Å². The molecule has 3 heterocycles. The minimum Gasteiger partial charge on any atom is -0.406 e. The predicted octanol–water partition coefficient (Wildman–Crippen LogP) is 2.30. The molecule has 0 saturated carbocycles. The predicted molar refractivity (Wildman–Crippen MR) is 127 cm³/mol. The summed E-state index contributed by atoms with van der Waals surface area (Å²) >= 11 is 0. The molecule has 1 atom stereocenters. The highest BCUT2D eigenvalue weighted by molar-refractivity contribution is 5.95. The number of rotatable bonds is 3. The van der Waals surface area contributed by atoms with E-state index in [1.165, 1.54) is 23.1 Å². The molecule has 2 aliphatic rings. The molecular formula is C19H26Cl3F3N6O3. The number of nitrogens with zero attached hydrogens (tertiary/aromatic N) is 3. The zero-order chi connectivity index (χ0) is 22.4. The van der Waals surface area contributed by atoms with Crippen LogP contribution in [0.25, 0.3) is 0 Å². The number of alkyl halides is 3. The van der Waals surface area contributed by atoms with Crippen molar-refractivity contribution in [3.63, 3.8) is 0 Å². The average Bonchev–Trinajstić information content (AvgIpc) is 3.24. The van der Waals surface area contributed by atoms with Crippen molar-refractivity contribution in [2.24, 2.45) is 0 Å². The number of amides is 2. The molecule has 192 valence electrons. The zero-order valence-corrected chi connectivity index (χ0v) is 20.5. The topological polar surface area (TPSA) is 103 Å². The van der Waals surface area contributed by atoms with Crippen molar-refractivity contribution in [2.75, 3.05) is 44.7 Å². The van der Waals surface area contributed by atoms with Crippen LogP contribution < -0.4 is 20.3 Å². The maximum atomic E-state index is 12.1. The quantitative estimate of drug-likeness (QED) is 0.543. The number of carbonyl (C=O) groups is 2. The second kappa shape index (κ2) is 14.2. The molecule has 4 rings (SSSR count). The first-order valence-electron chi connectivity index (χ1n) is 9.59. The molecule has 0 aliphatic carbocycles. The Labute approximate surface area is 213 Å². The summed E-state index contributed by atoms with van der Waals surface area (Å²) in [6.07, 6.45) is -1.36. The lowest BCUT2D eigenvalue weighted by atomic mass is 10.2. The van der Waals surface area contributed by atoms with Gasteiger partial charge >= 0.3 is 6.36 Å². The molecule has 2 aromatic rings. The summed E-state index contributed by atoms with van der Waals surface area (Å²) in [7, 11) is 1.80. The van der Waals surface area contributed by atoms with E-state index in [4.69, 9.17) is 0 Å². The zero-order valence-electron chi connectivity index (χ0n) is 18.0. The summed E-state index contributed by atoms with van der Waals surface area (Å²) in [4.78, 5) is 33.4. The minimum absolute atomic E-state index is 0. The van der Waals surface area contributed by atoms with Crippen LogP contribution in [0.15, 0.2) is 36.7 Å². The van der Waals surface area contributed by atoms with Crippen LogP contribution in [-0.4, -0.2) is 72.8 Å². The number of hydrogen-bond donors (Lipinski definition) is 3. The van der Waals surface area contributed by atoms with E-state index in [1.54, 1.807) is 30.4 Å². The second-order valence-corrected chi connectivity index (χ2v) is 6.89. The van der Waals surface area contributed by atoms with Crippen LogP contribution in [0.4, 0.5) is 18.9 Å². The van der Waals surface area contributed by atoms with Gasteiger partial charge in [0.2, 0.25) is 11.8 Å². The van der Waals surface area contributed by atoms with Gasteiger partial charge < -0.3 is 24.8 Å². The maximum Gasteiger partial charge on any atom is 0.573 e. The molecule has 15 heteroatoms. The molecular weight excluding hydrogens is 524 g/mol. The van der Waals surface area contributed by atoms with E-state index in [-0.39, 0.29) is 67.4 Å². The third kappa shape index (κ3) is 8.84. The monoisotopic (exact) mass is 548 g/mol. The number of aromatic amines is 1. The molecule has 1 unspecified atom stereocenters. The summed E-state index contributed by atoms with van der Waals surface area (Å²) < 4.78 is 40.1. The molecule has 2 aliphatic heterocycles. The van der Waals surface area contributed by atoms with Gasteiger partial charge in [0.25, 0.3) is 0 Å². The molecule has 34 heavy (non-hydrogen) atoms. The first kappa shape index (κ1) is 31.8. The highest BCUT2D eigenvalue weighted by atomic mass is 35.5. The van der Waals surface area contributed by atoms with Crippen LogP contribution in [0, 0.1) is 0 Å². The Morgan fingerprint density at radius 3 is 2.47 bits per heavy atom. The van der Waals surface area contributed by atoms with E-state index >= 15 is 0 Å². The Morgan fingerprint density at radius 1 is 1.12 bits per heavy atom. The number of halogens is 6. The highest BCUT2D eigenvalue weighted by Crippen LogP contribution is 2.27. The van der Waals surface area contributed by atoms with E-state index in [0.717, 1.165) is 13.1 Å². The van der Waals surface area contributed by atoms with E-state index in [9.17, 15) is 22.8 Å². The van der Waals surface area contributed by atoms with Gasteiger partial charge in [-0.15, -0.1) is 50.4 Å². The van der Waals surface area contributed by atoms with Crippen LogP contribution in [-0.2, 0) is 9.59 Å². The van der Waals surface area contributed by atoms with Gasteiger partial charge in [0.1, 0.15) is 17.6 Å². The molecule has 3 N–H and O–H groups in total. The summed E-state index contributed by atoms with van der Waals surface area (Å²) in [6.45, 7) is 2.79. The van der Waals surface area contributed by atoms with Gasteiger partial charge in [0.15, 0.2) is 0 Å². The van der Waals surface area contributed by atoms with Crippen molar-refractivity contribution in [1.29, 1.82) is 0 Å². The fourth-order valence-electron chi connectivity index (χ4n) is 3.17. The Kier molecular flexibility index (Phi) is 13.3. The highest BCUT2D eigenvalue weighted by Gasteiger charge is 2.31. The van der Waals surface area contributed by atoms with Crippen LogP contribution >= 0.6 is 37.2 Å². The number of aromatic nitrogens is 2. The lowest BCUT2D eigenvalue weighted by molar-refractivity contribution is -0.274. The van der Waals surface area contributed by atoms with Crippen molar-refractivity contribution < 1.29 is 27.5 Å². The number of H-pyrrole nitrogens is 1. The first-order valence-corrected chi connectivity index (χ1v) is 9.59. The number of likely N-dealkylation sites (N-methyl/N-ethyl adjacent to an activating group) is 1. The third-order valence-corrected chi connectivity index (χ3v) is 4.66.